The highest BCUT2D eigenvalue weighted by Crippen LogP contribution is 2.29. The largest absolute Gasteiger partial charge is 0.469 e. The lowest BCUT2D eigenvalue weighted by Gasteiger charge is -2.42. The summed E-state index contributed by atoms with van der Waals surface area (Å²) in [4.78, 5) is 36.9. The summed E-state index contributed by atoms with van der Waals surface area (Å²) < 4.78 is 26.7. The molecule has 1 saturated heterocycles. The van der Waals surface area contributed by atoms with E-state index >= 15 is 0 Å². The summed E-state index contributed by atoms with van der Waals surface area (Å²) in [5, 5.41) is 3.69. The lowest BCUT2D eigenvalue weighted by atomic mass is 9.97. The highest BCUT2D eigenvalue weighted by Gasteiger charge is 2.48. The first-order chi connectivity index (χ1) is 14.8. The first kappa shape index (κ1) is 26.7. The van der Waals surface area contributed by atoms with Crippen LogP contribution in [0.5, 0.6) is 0 Å². The summed E-state index contributed by atoms with van der Waals surface area (Å²) in [7, 11) is 1.39. The Morgan fingerprint density at radius 3 is 2.13 bits per heavy atom. The molecule has 1 aliphatic rings. The molecule has 0 aliphatic carbocycles. The zero-order valence-corrected chi connectivity index (χ0v) is 18.7. The van der Waals surface area contributed by atoms with E-state index in [0.29, 0.717) is 13.0 Å². The van der Waals surface area contributed by atoms with Crippen molar-refractivity contribution in [3.05, 3.63) is 10.4 Å². The Kier molecular flexibility index (Phi) is 12.6. The van der Waals surface area contributed by atoms with Crippen molar-refractivity contribution in [2.45, 2.75) is 96.4 Å². The molecule has 0 unspecified atom stereocenters. The van der Waals surface area contributed by atoms with Gasteiger partial charge in [0.2, 0.25) is 0 Å². The van der Waals surface area contributed by atoms with Gasteiger partial charge in [-0.2, -0.15) is 0 Å². The molecule has 0 N–H and O–H groups in total. The maximum Gasteiger partial charge on any atom is 0.305 e. The summed E-state index contributed by atoms with van der Waals surface area (Å²) in [5.41, 5.74) is 8.95. The van der Waals surface area contributed by atoms with Crippen molar-refractivity contribution in [3.8, 4) is 0 Å². The van der Waals surface area contributed by atoms with Gasteiger partial charge >= 0.3 is 17.9 Å². The third-order valence-electron chi connectivity index (χ3n) is 4.82. The molecular formula is C20H33N3O8. The second-order valence-electron chi connectivity index (χ2n) is 7.37. The number of hydrogen-bond acceptors (Lipinski definition) is 9. The normalized spacial score (nSPS) is 25.2. The molecule has 0 amide bonds. The summed E-state index contributed by atoms with van der Waals surface area (Å²) in [6, 6.07) is -0.993. The minimum Gasteiger partial charge on any atom is -0.469 e. The summed E-state index contributed by atoms with van der Waals surface area (Å²) >= 11 is 0. The van der Waals surface area contributed by atoms with E-state index in [1.165, 1.54) is 21.0 Å². The topological polar surface area (TPSA) is 146 Å². The Morgan fingerprint density at radius 1 is 0.968 bits per heavy atom. The van der Waals surface area contributed by atoms with Crippen LogP contribution in [0.3, 0.4) is 0 Å². The van der Waals surface area contributed by atoms with Crippen molar-refractivity contribution in [1.82, 2.24) is 0 Å². The van der Waals surface area contributed by atoms with Gasteiger partial charge in [-0.25, -0.2) is 0 Å². The van der Waals surface area contributed by atoms with Crippen molar-refractivity contribution < 1.29 is 38.1 Å². The molecule has 1 fully saturated rings. The van der Waals surface area contributed by atoms with Gasteiger partial charge in [0.1, 0.15) is 6.04 Å². The number of ether oxygens (including phenoxy) is 5. The molecule has 0 bridgehead atoms. The molecule has 1 heterocycles. The average molecular weight is 443 g/mol. The predicted molar refractivity (Wildman–Crippen MR) is 109 cm³/mol. The fraction of sp³-hybridized carbons (Fsp3) is 0.850. The third kappa shape index (κ3) is 9.99. The number of hydrogen-bond donors (Lipinski definition) is 0. The minimum atomic E-state index is -1.01. The van der Waals surface area contributed by atoms with Gasteiger partial charge in [-0.3, -0.25) is 14.4 Å². The smallest absolute Gasteiger partial charge is 0.305 e. The molecule has 1 rings (SSSR count). The van der Waals surface area contributed by atoms with Gasteiger partial charge in [-0.05, 0) is 25.3 Å². The van der Waals surface area contributed by atoms with Crippen LogP contribution in [0.1, 0.15) is 65.7 Å². The van der Waals surface area contributed by atoms with E-state index in [2.05, 4.69) is 14.8 Å². The zero-order chi connectivity index (χ0) is 23.2. The predicted octanol–water partition coefficient (Wildman–Crippen LogP) is 3.19. The molecule has 11 heteroatoms. The Hall–Kier alpha value is -2.36. The van der Waals surface area contributed by atoms with Gasteiger partial charge in [0.15, 0.2) is 18.5 Å². The molecule has 31 heavy (non-hydrogen) atoms. The van der Waals surface area contributed by atoms with Gasteiger partial charge in [0.05, 0.1) is 13.2 Å². The molecule has 0 saturated carbocycles. The molecule has 1 aliphatic heterocycles. The van der Waals surface area contributed by atoms with Gasteiger partial charge < -0.3 is 23.7 Å². The number of methoxy groups -OCH3 is 1. The Labute approximate surface area is 182 Å². The SMILES string of the molecule is COC(=O)CCCCCCCCO[C@@H]1O[C@@H](C)[C@@H](OC(C)=O)[C@@H](OC(C)=O)[C@@H]1N=[N+]=[N-]. The Morgan fingerprint density at radius 2 is 1.55 bits per heavy atom. The second-order valence-corrected chi connectivity index (χ2v) is 7.37. The number of rotatable bonds is 13. The van der Waals surface area contributed by atoms with E-state index < -0.39 is 42.6 Å². The maximum atomic E-state index is 11.6. The molecule has 0 spiro atoms. The molecule has 11 nitrogen and oxygen atoms in total. The first-order valence-electron chi connectivity index (χ1n) is 10.5. The number of nitrogens with zero attached hydrogens (tertiary/aromatic N) is 3. The van der Waals surface area contributed by atoms with Crippen LogP contribution in [0.2, 0.25) is 0 Å². The number of esters is 3. The molecule has 0 aromatic heterocycles. The van der Waals surface area contributed by atoms with Crippen molar-refractivity contribution in [3.63, 3.8) is 0 Å². The Bertz CT molecular complexity index is 638. The summed E-state index contributed by atoms with van der Waals surface area (Å²) in [6.45, 7) is 4.49. The van der Waals surface area contributed by atoms with E-state index in [4.69, 9.17) is 24.5 Å². The fourth-order valence-corrected chi connectivity index (χ4v) is 3.37. The van der Waals surface area contributed by atoms with Gasteiger partial charge in [-0.15, -0.1) is 0 Å². The molecular weight excluding hydrogens is 410 g/mol. The van der Waals surface area contributed by atoms with Crippen molar-refractivity contribution in [2.24, 2.45) is 5.11 Å². The van der Waals surface area contributed by atoms with E-state index in [9.17, 15) is 14.4 Å². The first-order valence-corrected chi connectivity index (χ1v) is 10.5. The quantitative estimate of drug-likeness (QED) is 0.105. The average Bonchev–Trinajstić information content (AvgIpc) is 2.71. The highest BCUT2D eigenvalue weighted by molar-refractivity contribution is 5.69. The van der Waals surface area contributed by atoms with Crippen LogP contribution in [0.25, 0.3) is 10.4 Å². The van der Waals surface area contributed by atoms with Gasteiger partial charge in [0, 0.05) is 31.8 Å². The Balaban J connectivity index is 2.52. The lowest BCUT2D eigenvalue weighted by Crippen LogP contribution is -2.59. The summed E-state index contributed by atoms with van der Waals surface area (Å²) in [6.07, 6.45) is 2.42. The van der Waals surface area contributed by atoms with Gasteiger partial charge in [0.25, 0.3) is 0 Å². The fourth-order valence-electron chi connectivity index (χ4n) is 3.37. The number of carbonyl (C=O) groups is 3. The van der Waals surface area contributed by atoms with Crippen LogP contribution in [0.15, 0.2) is 5.11 Å². The monoisotopic (exact) mass is 443 g/mol. The standard InChI is InChI=1S/C20H33N3O8/c1-13-18(30-14(2)24)19(31-15(3)25)17(22-23-21)20(29-13)28-12-10-8-6-5-7-9-11-16(26)27-4/h13,17-20H,5-12H2,1-4H3/t13-,17-,18+,19-,20+/m0/s1. The van der Waals surface area contributed by atoms with Gasteiger partial charge in [-0.1, -0.05) is 30.8 Å². The van der Waals surface area contributed by atoms with Crippen LogP contribution < -0.4 is 0 Å². The van der Waals surface area contributed by atoms with E-state index in [1.807, 2.05) is 0 Å². The highest BCUT2D eigenvalue weighted by atomic mass is 16.7. The molecule has 0 aromatic rings. The van der Waals surface area contributed by atoms with Crippen LogP contribution in [-0.4, -0.2) is 62.3 Å². The maximum absolute atomic E-state index is 11.6. The van der Waals surface area contributed by atoms with E-state index in [0.717, 1.165) is 38.5 Å². The summed E-state index contributed by atoms with van der Waals surface area (Å²) in [5.74, 6) is -1.35. The van der Waals surface area contributed by atoms with Crippen LogP contribution in [0.4, 0.5) is 0 Å². The van der Waals surface area contributed by atoms with Crippen LogP contribution >= 0.6 is 0 Å². The minimum absolute atomic E-state index is 0.187. The molecule has 0 aromatic carbocycles. The van der Waals surface area contributed by atoms with E-state index in [1.54, 1.807) is 6.92 Å². The van der Waals surface area contributed by atoms with Crippen LogP contribution in [-0.2, 0) is 38.1 Å². The van der Waals surface area contributed by atoms with Crippen molar-refractivity contribution in [1.29, 1.82) is 0 Å². The molecule has 176 valence electrons. The number of carbonyl (C=O) groups excluding carboxylic acids is 3. The molecule has 5 atom stereocenters. The van der Waals surface area contributed by atoms with E-state index in [-0.39, 0.29) is 5.97 Å². The lowest BCUT2D eigenvalue weighted by molar-refractivity contribution is -0.263. The van der Waals surface area contributed by atoms with Crippen LogP contribution in [0, 0.1) is 0 Å². The second kappa shape index (κ2) is 14.6. The van der Waals surface area contributed by atoms with Crippen molar-refractivity contribution >= 4 is 17.9 Å². The number of unbranched alkanes of at least 4 members (excludes halogenated alkanes) is 5. The number of azide groups is 1. The molecule has 0 radical (unpaired) electrons. The zero-order valence-electron chi connectivity index (χ0n) is 18.7. The van der Waals surface area contributed by atoms with Crippen molar-refractivity contribution in [2.75, 3.05) is 13.7 Å². The third-order valence-corrected chi connectivity index (χ3v) is 4.82.